The fraction of sp³-hybridized carbons (Fsp3) is 0.150. The zero-order valence-electron chi connectivity index (χ0n) is 16.7. The van der Waals surface area contributed by atoms with Crippen molar-refractivity contribution in [1.82, 2.24) is 14.8 Å². The molecule has 1 aromatic carbocycles. The van der Waals surface area contributed by atoms with Crippen molar-refractivity contribution in [3.63, 3.8) is 0 Å². The summed E-state index contributed by atoms with van der Waals surface area (Å²) in [5.41, 5.74) is 5.68. The number of hydrogen-bond acceptors (Lipinski definition) is 8. The zero-order chi connectivity index (χ0) is 22.3. The van der Waals surface area contributed by atoms with E-state index in [9.17, 15) is 13.6 Å². The normalized spacial score (nSPS) is 11.0. The summed E-state index contributed by atoms with van der Waals surface area (Å²) in [5.74, 6) is -3.47. The molecular formula is C20H17F2N5O4. The molecule has 0 bridgehead atoms. The maximum atomic E-state index is 14.7. The lowest BCUT2D eigenvalue weighted by atomic mass is 10.1. The Hall–Kier alpha value is -4.15. The average Bonchev–Trinajstić information content (AvgIpc) is 3.30. The number of nitrogens with zero attached hydrogens (tertiary/aromatic N) is 3. The van der Waals surface area contributed by atoms with Crippen molar-refractivity contribution < 1.29 is 27.5 Å². The number of rotatable bonds is 6. The fourth-order valence-corrected chi connectivity index (χ4v) is 3.06. The maximum Gasteiger partial charge on any atom is 0.234 e. The number of aryl methyl sites for hydroxylation is 1. The van der Waals surface area contributed by atoms with Crippen LogP contribution in [0.2, 0.25) is 0 Å². The molecule has 0 saturated carbocycles. The summed E-state index contributed by atoms with van der Waals surface area (Å²) in [4.78, 5) is 17.0. The molecule has 0 spiro atoms. The maximum absolute atomic E-state index is 14.7. The van der Waals surface area contributed by atoms with E-state index in [2.05, 4.69) is 15.4 Å². The van der Waals surface area contributed by atoms with Crippen molar-refractivity contribution in [3.05, 3.63) is 53.6 Å². The number of aromatic nitrogens is 3. The highest BCUT2D eigenvalue weighted by atomic mass is 19.1. The molecule has 0 unspecified atom stereocenters. The number of nitrogens with one attached hydrogen (secondary N) is 1. The number of fused-ring (bicyclic) bond motifs is 1. The molecule has 3 N–H and O–H groups in total. The zero-order valence-corrected chi connectivity index (χ0v) is 16.7. The Morgan fingerprint density at radius 1 is 1.16 bits per heavy atom. The van der Waals surface area contributed by atoms with Crippen molar-refractivity contribution in [3.8, 4) is 11.5 Å². The summed E-state index contributed by atoms with van der Waals surface area (Å²) >= 11 is 0. The van der Waals surface area contributed by atoms with E-state index in [1.54, 1.807) is 19.3 Å². The minimum absolute atomic E-state index is 0.249. The number of benzene rings is 1. The third kappa shape index (κ3) is 3.50. The first-order chi connectivity index (χ1) is 14.8. The lowest BCUT2D eigenvalue weighted by Crippen LogP contribution is -2.09. The predicted molar refractivity (Wildman–Crippen MR) is 108 cm³/mol. The van der Waals surface area contributed by atoms with Crippen LogP contribution in [0.4, 0.5) is 26.1 Å². The van der Waals surface area contributed by atoms with Crippen LogP contribution in [0.25, 0.3) is 11.0 Å². The number of ketones is 1. The van der Waals surface area contributed by atoms with Gasteiger partial charge in [0.05, 0.1) is 26.1 Å². The average molecular weight is 429 g/mol. The van der Waals surface area contributed by atoms with Crippen LogP contribution in [-0.4, -0.2) is 34.8 Å². The van der Waals surface area contributed by atoms with E-state index in [-0.39, 0.29) is 22.8 Å². The molecule has 160 valence electrons. The van der Waals surface area contributed by atoms with Gasteiger partial charge in [-0.25, -0.2) is 13.8 Å². The van der Waals surface area contributed by atoms with Crippen LogP contribution in [0.15, 0.2) is 35.0 Å². The largest absolute Gasteiger partial charge is 0.494 e. The minimum Gasteiger partial charge on any atom is -0.494 e. The smallest absolute Gasteiger partial charge is 0.234 e. The molecule has 0 fully saturated rings. The molecule has 9 nitrogen and oxygen atoms in total. The Kier molecular flexibility index (Phi) is 4.93. The highest BCUT2D eigenvalue weighted by molar-refractivity contribution is 6.10. The van der Waals surface area contributed by atoms with Gasteiger partial charge in [0, 0.05) is 24.7 Å². The van der Waals surface area contributed by atoms with Crippen LogP contribution >= 0.6 is 0 Å². The summed E-state index contributed by atoms with van der Waals surface area (Å²) in [6, 6.07) is 3.96. The number of nitrogen functional groups attached to an aromatic ring is 1. The Labute approximate surface area is 174 Å². The van der Waals surface area contributed by atoms with Gasteiger partial charge in [-0.2, -0.15) is 5.10 Å². The summed E-state index contributed by atoms with van der Waals surface area (Å²) in [7, 11) is 4.11. The Balaban J connectivity index is 1.72. The van der Waals surface area contributed by atoms with Crippen molar-refractivity contribution >= 4 is 34.1 Å². The second-order valence-corrected chi connectivity index (χ2v) is 6.56. The standard InChI is InChI=1S/C20H17F2N5O4/c1-27-8-10(23)20(26-27)25-15-5-9-4-13(31-14(9)7-24-15)19(28)16-17(21)11(29-2)6-12(30-3)18(16)22/h4-8H,23H2,1-3H3,(H,24,25,26). The number of carbonyl (C=O) groups excluding carboxylic acids is 1. The molecule has 0 aliphatic heterocycles. The summed E-state index contributed by atoms with van der Waals surface area (Å²) < 4.78 is 46.1. The summed E-state index contributed by atoms with van der Waals surface area (Å²) in [6.45, 7) is 0. The van der Waals surface area contributed by atoms with Gasteiger partial charge in [-0.15, -0.1) is 0 Å². The number of halogens is 2. The van der Waals surface area contributed by atoms with Crippen LogP contribution in [0.1, 0.15) is 16.1 Å². The molecule has 0 atom stereocenters. The first-order valence-electron chi connectivity index (χ1n) is 8.92. The molecule has 3 heterocycles. The molecule has 0 radical (unpaired) electrons. The number of hydrogen-bond donors (Lipinski definition) is 2. The highest BCUT2D eigenvalue weighted by Gasteiger charge is 2.28. The monoisotopic (exact) mass is 429 g/mol. The topological polar surface area (TPSA) is 117 Å². The van der Waals surface area contributed by atoms with E-state index in [0.717, 1.165) is 6.07 Å². The molecule has 31 heavy (non-hydrogen) atoms. The van der Waals surface area contributed by atoms with Gasteiger partial charge in [0.25, 0.3) is 0 Å². The van der Waals surface area contributed by atoms with Crippen LogP contribution in [0, 0.1) is 11.6 Å². The van der Waals surface area contributed by atoms with E-state index >= 15 is 0 Å². The molecule has 4 rings (SSSR count). The van der Waals surface area contributed by atoms with Crippen LogP contribution in [0.5, 0.6) is 11.5 Å². The van der Waals surface area contributed by atoms with Gasteiger partial charge >= 0.3 is 0 Å². The molecule has 3 aromatic heterocycles. The van der Waals surface area contributed by atoms with Gasteiger partial charge in [0.1, 0.15) is 11.4 Å². The van der Waals surface area contributed by atoms with Crippen molar-refractivity contribution in [2.24, 2.45) is 7.05 Å². The van der Waals surface area contributed by atoms with E-state index in [0.29, 0.717) is 22.7 Å². The third-order valence-electron chi connectivity index (χ3n) is 4.53. The number of anilines is 3. The van der Waals surface area contributed by atoms with Crippen molar-refractivity contribution in [2.45, 2.75) is 0 Å². The van der Waals surface area contributed by atoms with Gasteiger partial charge in [0.15, 0.2) is 40.3 Å². The van der Waals surface area contributed by atoms with Gasteiger partial charge in [0.2, 0.25) is 5.78 Å². The molecule has 0 saturated heterocycles. The lowest BCUT2D eigenvalue weighted by molar-refractivity contribution is 0.100. The van der Waals surface area contributed by atoms with E-state index < -0.39 is 23.0 Å². The highest BCUT2D eigenvalue weighted by Crippen LogP contribution is 2.34. The minimum atomic E-state index is -1.16. The van der Waals surface area contributed by atoms with Gasteiger partial charge in [-0.05, 0) is 12.1 Å². The fourth-order valence-electron chi connectivity index (χ4n) is 3.06. The molecule has 11 heteroatoms. The van der Waals surface area contributed by atoms with E-state index in [1.807, 2.05) is 0 Å². The number of methoxy groups -OCH3 is 2. The van der Waals surface area contributed by atoms with Crippen LogP contribution in [0.3, 0.4) is 0 Å². The lowest BCUT2D eigenvalue weighted by Gasteiger charge is -2.10. The second-order valence-electron chi connectivity index (χ2n) is 6.56. The third-order valence-corrected chi connectivity index (χ3v) is 4.53. The first-order valence-corrected chi connectivity index (χ1v) is 8.92. The SMILES string of the molecule is COc1cc(OC)c(F)c(C(=O)c2cc3cc(Nc4nn(C)cc4N)ncc3o2)c1F. The number of ether oxygens (including phenoxy) is 2. The van der Waals surface area contributed by atoms with Gasteiger partial charge in [-0.3, -0.25) is 9.48 Å². The summed E-state index contributed by atoms with van der Waals surface area (Å²) in [5, 5.41) is 7.60. The Morgan fingerprint density at radius 3 is 2.42 bits per heavy atom. The van der Waals surface area contributed by atoms with Crippen molar-refractivity contribution in [2.75, 3.05) is 25.3 Å². The molecule has 0 aliphatic rings. The number of pyridine rings is 1. The van der Waals surface area contributed by atoms with Gasteiger partial charge in [-0.1, -0.05) is 0 Å². The quantitative estimate of drug-likeness (QED) is 0.448. The predicted octanol–water partition coefficient (Wildman–Crippen LogP) is 3.41. The van der Waals surface area contributed by atoms with Crippen LogP contribution in [-0.2, 0) is 7.05 Å². The molecule has 0 aliphatic carbocycles. The van der Waals surface area contributed by atoms with Crippen molar-refractivity contribution in [1.29, 1.82) is 0 Å². The number of furan rings is 1. The molecule has 4 aromatic rings. The van der Waals surface area contributed by atoms with E-state index in [1.165, 1.54) is 31.2 Å². The summed E-state index contributed by atoms with van der Waals surface area (Å²) in [6.07, 6.45) is 2.99. The second kappa shape index (κ2) is 7.59. The number of nitrogens with two attached hydrogens (primary N) is 1. The molecular weight excluding hydrogens is 412 g/mol. The van der Waals surface area contributed by atoms with Crippen LogP contribution < -0.4 is 20.5 Å². The Bertz CT molecular complexity index is 1290. The van der Waals surface area contributed by atoms with Gasteiger partial charge < -0.3 is 24.9 Å². The first kappa shape index (κ1) is 20.1. The Morgan fingerprint density at radius 2 is 1.84 bits per heavy atom. The molecule has 0 amide bonds. The number of carbonyl (C=O) groups is 1. The van der Waals surface area contributed by atoms with E-state index in [4.69, 9.17) is 19.6 Å².